The van der Waals surface area contributed by atoms with E-state index in [0.717, 1.165) is 11.0 Å². The molecule has 0 aromatic heterocycles. The summed E-state index contributed by atoms with van der Waals surface area (Å²) in [6, 6.07) is 5.39. The fourth-order valence-corrected chi connectivity index (χ4v) is 3.02. The number of halogens is 1. The van der Waals surface area contributed by atoms with Crippen LogP contribution < -0.4 is 4.74 Å². The predicted octanol–water partition coefficient (Wildman–Crippen LogP) is 1.69. The maximum absolute atomic E-state index is 12.7. The zero-order valence-corrected chi connectivity index (χ0v) is 16.0. The number of ether oxygens (including phenoxy) is 1. The Kier molecular flexibility index (Phi) is 6.62. The normalized spacial score (nSPS) is 14.9. The highest BCUT2D eigenvalue weighted by Gasteiger charge is 2.26. The van der Waals surface area contributed by atoms with E-state index in [1.54, 1.807) is 24.1 Å². The maximum Gasteiger partial charge on any atom is 0.257 e. The first-order chi connectivity index (χ1) is 11.4. The largest absolute Gasteiger partial charge is 0.496 e. The Hall–Kier alpha value is -1.60. The van der Waals surface area contributed by atoms with E-state index in [1.807, 2.05) is 30.0 Å². The van der Waals surface area contributed by atoms with Crippen molar-refractivity contribution < 1.29 is 14.3 Å². The number of nitrogens with zero attached hydrogens (tertiary/aromatic N) is 3. The highest BCUT2D eigenvalue weighted by atomic mass is 79.9. The highest BCUT2D eigenvalue weighted by Crippen LogP contribution is 2.24. The molecule has 2 rings (SSSR count). The van der Waals surface area contributed by atoms with Crippen molar-refractivity contribution in [1.82, 2.24) is 14.7 Å². The van der Waals surface area contributed by atoms with Gasteiger partial charge in [-0.05, 0) is 32.3 Å². The standard InChI is InChI=1S/C17H24BrN3O3/c1-19(2)7-6-16(22)20-8-10-21(11-9-20)17(23)14-12-13(18)4-5-15(14)24-3/h4-5,12H,6-11H2,1-3H3. The smallest absolute Gasteiger partial charge is 0.257 e. The number of carbonyl (C=O) groups is 2. The van der Waals surface area contributed by atoms with Crippen molar-refractivity contribution in [3.63, 3.8) is 0 Å². The molecule has 0 N–H and O–H groups in total. The first-order valence-corrected chi connectivity index (χ1v) is 8.77. The Morgan fingerprint density at radius 2 is 1.79 bits per heavy atom. The molecular formula is C17H24BrN3O3. The number of methoxy groups -OCH3 is 1. The Labute approximate surface area is 151 Å². The van der Waals surface area contributed by atoms with E-state index in [1.165, 1.54) is 0 Å². The lowest BCUT2D eigenvalue weighted by Crippen LogP contribution is -2.51. The fourth-order valence-electron chi connectivity index (χ4n) is 2.65. The predicted molar refractivity (Wildman–Crippen MR) is 96.3 cm³/mol. The van der Waals surface area contributed by atoms with Crippen molar-refractivity contribution in [3.8, 4) is 5.75 Å². The number of hydrogen-bond donors (Lipinski definition) is 0. The van der Waals surface area contributed by atoms with Crippen molar-refractivity contribution in [2.75, 3.05) is 53.9 Å². The van der Waals surface area contributed by atoms with Crippen LogP contribution in [0.25, 0.3) is 0 Å². The van der Waals surface area contributed by atoms with Crippen molar-refractivity contribution in [2.24, 2.45) is 0 Å². The van der Waals surface area contributed by atoms with Crippen LogP contribution >= 0.6 is 15.9 Å². The van der Waals surface area contributed by atoms with E-state index < -0.39 is 0 Å². The van der Waals surface area contributed by atoms with Gasteiger partial charge in [0.05, 0.1) is 12.7 Å². The molecule has 2 amide bonds. The second-order valence-corrected chi connectivity index (χ2v) is 6.99. The zero-order chi connectivity index (χ0) is 17.7. The minimum atomic E-state index is -0.0615. The van der Waals surface area contributed by atoms with Gasteiger partial charge in [0.2, 0.25) is 5.91 Å². The number of piperazine rings is 1. The molecule has 24 heavy (non-hydrogen) atoms. The molecule has 1 aliphatic heterocycles. The lowest BCUT2D eigenvalue weighted by molar-refractivity contribution is -0.132. The van der Waals surface area contributed by atoms with Crippen LogP contribution in [-0.2, 0) is 4.79 Å². The number of amides is 2. The summed E-state index contributed by atoms with van der Waals surface area (Å²) in [5, 5.41) is 0. The Balaban J connectivity index is 1.96. The molecule has 0 unspecified atom stereocenters. The molecule has 0 atom stereocenters. The lowest BCUT2D eigenvalue weighted by Gasteiger charge is -2.35. The molecule has 0 radical (unpaired) electrons. The van der Waals surface area contributed by atoms with Crippen LogP contribution in [0.4, 0.5) is 0 Å². The molecule has 1 fully saturated rings. The molecular weight excluding hydrogens is 374 g/mol. The van der Waals surface area contributed by atoms with Crippen molar-refractivity contribution in [2.45, 2.75) is 6.42 Å². The van der Waals surface area contributed by atoms with E-state index in [2.05, 4.69) is 15.9 Å². The number of benzene rings is 1. The van der Waals surface area contributed by atoms with Gasteiger partial charge in [0, 0.05) is 43.6 Å². The number of rotatable bonds is 5. The van der Waals surface area contributed by atoms with Crippen LogP contribution in [0.5, 0.6) is 5.75 Å². The van der Waals surface area contributed by atoms with E-state index in [-0.39, 0.29) is 11.8 Å². The van der Waals surface area contributed by atoms with Gasteiger partial charge in [0.25, 0.3) is 5.91 Å². The third-order valence-corrected chi connectivity index (χ3v) is 4.58. The quantitative estimate of drug-likeness (QED) is 0.758. The van der Waals surface area contributed by atoms with Gasteiger partial charge in [-0.1, -0.05) is 15.9 Å². The van der Waals surface area contributed by atoms with Gasteiger partial charge in [-0.3, -0.25) is 9.59 Å². The molecule has 0 spiro atoms. The average Bonchev–Trinajstić information content (AvgIpc) is 2.59. The summed E-state index contributed by atoms with van der Waals surface area (Å²) in [4.78, 5) is 30.5. The summed E-state index contributed by atoms with van der Waals surface area (Å²) < 4.78 is 6.13. The van der Waals surface area contributed by atoms with Gasteiger partial charge in [0.15, 0.2) is 0 Å². The zero-order valence-electron chi connectivity index (χ0n) is 14.4. The summed E-state index contributed by atoms with van der Waals surface area (Å²) in [7, 11) is 5.46. The highest BCUT2D eigenvalue weighted by molar-refractivity contribution is 9.10. The van der Waals surface area contributed by atoms with Crippen molar-refractivity contribution >= 4 is 27.7 Å². The van der Waals surface area contributed by atoms with E-state index in [9.17, 15) is 9.59 Å². The number of hydrogen-bond acceptors (Lipinski definition) is 4. The third-order valence-electron chi connectivity index (χ3n) is 4.08. The molecule has 7 heteroatoms. The summed E-state index contributed by atoms with van der Waals surface area (Å²) in [6.07, 6.45) is 0.514. The van der Waals surface area contributed by atoms with Crippen LogP contribution in [0.3, 0.4) is 0 Å². The summed E-state index contributed by atoms with van der Waals surface area (Å²) in [6.45, 7) is 2.99. The SMILES string of the molecule is COc1ccc(Br)cc1C(=O)N1CCN(C(=O)CCN(C)C)CC1. The van der Waals surface area contributed by atoms with Gasteiger partial charge >= 0.3 is 0 Å². The third kappa shape index (κ3) is 4.70. The van der Waals surface area contributed by atoms with Crippen LogP contribution in [0.1, 0.15) is 16.8 Å². The molecule has 132 valence electrons. The van der Waals surface area contributed by atoms with Crippen LogP contribution in [0, 0.1) is 0 Å². The van der Waals surface area contributed by atoms with E-state index in [0.29, 0.717) is 43.9 Å². The molecule has 0 aliphatic carbocycles. The molecule has 1 heterocycles. The molecule has 1 aliphatic rings. The summed E-state index contributed by atoms with van der Waals surface area (Å²) in [5.74, 6) is 0.650. The van der Waals surface area contributed by atoms with Crippen LogP contribution in [-0.4, -0.2) is 80.4 Å². The fraction of sp³-hybridized carbons (Fsp3) is 0.529. The van der Waals surface area contributed by atoms with Gasteiger partial charge < -0.3 is 19.4 Å². The minimum absolute atomic E-state index is 0.0615. The van der Waals surface area contributed by atoms with Gasteiger partial charge in [0.1, 0.15) is 5.75 Å². The Morgan fingerprint density at radius 3 is 2.38 bits per heavy atom. The lowest BCUT2D eigenvalue weighted by atomic mass is 10.1. The monoisotopic (exact) mass is 397 g/mol. The summed E-state index contributed by atoms with van der Waals surface area (Å²) >= 11 is 3.39. The Bertz CT molecular complexity index is 599. The second-order valence-electron chi connectivity index (χ2n) is 6.07. The molecule has 6 nitrogen and oxygen atoms in total. The molecule has 0 bridgehead atoms. The maximum atomic E-state index is 12.7. The van der Waals surface area contributed by atoms with E-state index in [4.69, 9.17) is 4.74 Å². The molecule has 1 saturated heterocycles. The van der Waals surface area contributed by atoms with Crippen LogP contribution in [0.15, 0.2) is 22.7 Å². The van der Waals surface area contributed by atoms with Crippen molar-refractivity contribution in [3.05, 3.63) is 28.2 Å². The first kappa shape index (κ1) is 18.7. The van der Waals surface area contributed by atoms with Gasteiger partial charge in [-0.2, -0.15) is 0 Å². The first-order valence-electron chi connectivity index (χ1n) is 7.97. The topological polar surface area (TPSA) is 53.1 Å². The van der Waals surface area contributed by atoms with Gasteiger partial charge in [-0.15, -0.1) is 0 Å². The van der Waals surface area contributed by atoms with E-state index >= 15 is 0 Å². The van der Waals surface area contributed by atoms with Crippen LogP contribution in [0.2, 0.25) is 0 Å². The minimum Gasteiger partial charge on any atom is -0.496 e. The average molecular weight is 398 g/mol. The Morgan fingerprint density at radius 1 is 1.17 bits per heavy atom. The van der Waals surface area contributed by atoms with Gasteiger partial charge in [-0.25, -0.2) is 0 Å². The summed E-state index contributed by atoms with van der Waals surface area (Å²) in [5.41, 5.74) is 0.541. The second kappa shape index (κ2) is 8.48. The molecule has 1 aromatic carbocycles. The number of carbonyl (C=O) groups excluding carboxylic acids is 2. The molecule has 1 aromatic rings. The van der Waals surface area contributed by atoms with Crippen molar-refractivity contribution in [1.29, 1.82) is 0 Å². The molecule has 0 saturated carbocycles.